The van der Waals surface area contributed by atoms with Gasteiger partial charge in [0.1, 0.15) is 5.82 Å². The molecule has 0 spiro atoms. The molecule has 0 aliphatic heterocycles. The third-order valence-corrected chi connectivity index (χ3v) is 5.15. The molecule has 0 unspecified atom stereocenters. The predicted octanol–water partition coefficient (Wildman–Crippen LogP) is 7.46. The van der Waals surface area contributed by atoms with E-state index in [2.05, 4.69) is 22.1 Å². The van der Waals surface area contributed by atoms with E-state index in [1.165, 1.54) is 6.07 Å². The molecule has 0 aliphatic rings. The summed E-state index contributed by atoms with van der Waals surface area (Å²) in [5, 5.41) is 0. The molecule has 0 aliphatic carbocycles. The molecule has 0 atom stereocenters. The van der Waals surface area contributed by atoms with Crippen LogP contribution in [0.2, 0.25) is 0 Å². The number of halogens is 1. The number of nitrogens with zero attached hydrogens (tertiary/aromatic N) is 2. The fourth-order valence-electron chi connectivity index (χ4n) is 3.41. The zero-order chi connectivity index (χ0) is 22.9. The molecular weight excluding hydrogens is 600 g/mol. The minimum absolute atomic E-state index is 0. The van der Waals surface area contributed by atoms with Crippen molar-refractivity contribution < 1.29 is 24.5 Å². The van der Waals surface area contributed by atoms with Crippen LogP contribution >= 0.6 is 0 Å². The summed E-state index contributed by atoms with van der Waals surface area (Å²) >= 11 is 0. The first kappa shape index (κ1) is 25.2. The smallest absolute Gasteiger partial charge is 0.126 e. The number of aryl methyl sites for hydroxylation is 1. The van der Waals surface area contributed by atoms with Gasteiger partial charge in [0, 0.05) is 32.5 Å². The Morgan fingerprint density at radius 3 is 1.94 bits per heavy atom. The SMILES string of the molecule is CCc1cc(-c2ccnc(-c3[c-]cccc3)c2)ccc1F.[Ir].[c-]1ccccc1-c1ccccn1. The molecule has 2 heterocycles. The molecule has 0 saturated heterocycles. The molecule has 0 amide bonds. The van der Waals surface area contributed by atoms with Gasteiger partial charge in [0.2, 0.25) is 0 Å². The number of hydrogen-bond donors (Lipinski definition) is 0. The van der Waals surface area contributed by atoms with Crippen molar-refractivity contribution in [2.45, 2.75) is 13.3 Å². The van der Waals surface area contributed by atoms with Crippen molar-refractivity contribution in [3.8, 4) is 33.6 Å². The average Bonchev–Trinajstić information content (AvgIpc) is 2.91. The molecule has 0 fully saturated rings. The van der Waals surface area contributed by atoms with E-state index in [-0.39, 0.29) is 25.9 Å². The van der Waals surface area contributed by atoms with Gasteiger partial charge in [-0.2, -0.15) is 0 Å². The third-order valence-electron chi connectivity index (χ3n) is 5.15. The summed E-state index contributed by atoms with van der Waals surface area (Å²) in [5.74, 6) is -0.146. The van der Waals surface area contributed by atoms with Crippen LogP contribution in [0.4, 0.5) is 4.39 Å². The standard InChI is InChI=1S/C19H15FN.C11H8N.Ir/c1-2-14-12-16(8-9-18(14)20)17-10-11-21-19(13-17)15-6-4-3-5-7-15;1-2-6-10(7-3-1)11-8-4-5-9-12-11;/h3-6,8-13H,2H2,1H3;1-6,8-9H;/q2*-1;. The van der Waals surface area contributed by atoms with Crippen molar-refractivity contribution in [1.29, 1.82) is 0 Å². The van der Waals surface area contributed by atoms with Gasteiger partial charge in [-0.1, -0.05) is 31.2 Å². The van der Waals surface area contributed by atoms with Gasteiger partial charge < -0.3 is 9.97 Å². The summed E-state index contributed by atoms with van der Waals surface area (Å²) in [6, 6.07) is 36.9. The van der Waals surface area contributed by atoms with Gasteiger partial charge in [0.05, 0.1) is 0 Å². The Morgan fingerprint density at radius 1 is 0.676 bits per heavy atom. The van der Waals surface area contributed by atoms with Gasteiger partial charge >= 0.3 is 0 Å². The Labute approximate surface area is 213 Å². The molecule has 5 rings (SSSR count). The van der Waals surface area contributed by atoms with E-state index in [4.69, 9.17) is 0 Å². The molecule has 1 radical (unpaired) electrons. The van der Waals surface area contributed by atoms with Gasteiger partial charge in [-0.25, -0.2) is 4.39 Å². The number of pyridine rings is 2. The number of hydrogen-bond acceptors (Lipinski definition) is 2. The molecule has 34 heavy (non-hydrogen) atoms. The van der Waals surface area contributed by atoms with E-state index in [1.54, 1.807) is 12.4 Å². The first-order valence-corrected chi connectivity index (χ1v) is 10.8. The maximum atomic E-state index is 13.6. The maximum Gasteiger partial charge on any atom is 0.126 e. The Morgan fingerprint density at radius 2 is 1.32 bits per heavy atom. The molecular formula is C30H23FIrN2-2. The molecule has 2 aromatic heterocycles. The Kier molecular flexibility index (Phi) is 9.39. The van der Waals surface area contributed by atoms with Crippen LogP contribution < -0.4 is 0 Å². The second-order valence-corrected chi connectivity index (χ2v) is 7.36. The van der Waals surface area contributed by atoms with Crippen molar-refractivity contribution in [3.63, 3.8) is 0 Å². The summed E-state index contributed by atoms with van der Waals surface area (Å²) in [4.78, 5) is 8.61. The first-order chi connectivity index (χ1) is 16.2. The summed E-state index contributed by atoms with van der Waals surface area (Å²) < 4.78 is 13.6. The fourth-order valence-corrected chi connectivity index (χ4v) is 3.41. The molecule has 4 heteroatoms. The van der Waals surface area contributed by atoms with E-state index in [1.807, 2.05) is 97.9 Å². The van der Waals surface area contributed by atoms with E-state index >= 15 is 0 Å². The Bertz CT molecular complexity index is 1260. The van der Waals surface area contributed by atoms with E-state index < -0.39 is 0 Å². The summed E-state index contributed by atoms with van der Waals surface area (Å²) in [6.45, 7) is 1.96. The summed E-state index contributed by atoms with van der Waals surface area (Å²) in [5.41, 5.74) is 6.61. The van der Waals surface area contributed by atoms with Crippen LogP contribution in [0.3, 0.4) is 0 Å². The largest absolute Gasteiger partial charge is 0.305 e. The molecule has 5 aromatic rings. The Balaban J connectivity index is 0.000000212. The molecule has 3 aromatic carbocycles. The third kappa shape index (κ3) is 6.54. The topological polar surface area (TPSA) is 25.8 Å². The number of rotatable bonds is 4. The quantitative estimate of drug-likeness (QED) is 0.195. The molecule has 0 bridgehead atoms. The van der Waals surface area contributed by atoms with E-state index in [0.717, 1.165) is 39.2 Å². The van der Waals surface area contributed by atoms with Crippen molar-refractivity contribution in [1.82, 2.24) is 9.97 Å². The van der Waals surface area contributed by atoms with Crippen molar-refractivity contribution in [2.24, 2.45) is 0 Å². The first-order valence-electron chi connectivity index (χ1n) is 10.8. The van der Waals surface area contributed by atoms with Crippen LogP contribution in [0.5, 0.6) is 0 Å². The van der Waals surface area contributed by atoms with Crippen LogP contribution in [0, 0.1) is 17.9 Å². The van der Waals surface area contributed by atoms with Crippen LogP contribution in [-0.2, 0) is 26.5 Å². The normalized spacial score (nSPS) is 9.94. The maximum absolute atomic E-state index is 13.6. The predicted molar refractivity (Wildman–Crippen MR) is 132 cm³/mol. The van der Waals surface area contributed by atoms with Gasteiger partial charge in [-0.05, 0) is 58.8 Å². The molecule has 2 nitrogen and oxygen atoms in total. The van der Waals surface area contributed by atoms with Gasteiger partial charge in [-0.3, -0.25) is 0 Å². The monoisotopic (exact) mass is 623 g/mol. The van der Waals surface area contributed by atoms with Crippen molar-refractivity contribution in [2.75, 3.05) is 0 Å². The second-order valence-electron chi connectivity index (χ2n) is 7.36. The van der Waals surface area contributed by atoms with Crippen molar-refractivity contribution in [3.05, 3.63) is 133 Å². The zero-order valence-electron chi connectivity index (χ0n) is 18.7. The molecule has 0 N–H and O–H groups in total. The summed E-state index contributed by atoms with van der Waals surface area (Å²) in [6.07, 6.45) is 4.25. The van der Waals surface area contributed by atoms with Crippen LogP contribution in [0.15, 0.2) is 109 Å². The average molecular weight is 623 g/mol. The van der Waals surface area contributed by atoms with Gasteiger partial charge in [0.25, 0.3) is 0 Å². The van der Waals surface area contributed by atoms with Crippen LogP contribution in [-0.4, -0.2) is 9.97 Å². The van der Waals surface area contributed by atoms with Gasteiger partial charge in [0.15, 0.2) is 0 Å². The second kappa shape index (κ2) is 12.7. The van der Waals surface area contributed by atoms with Crippen molar-refractivity contribution >= 4 is 0 Å². The minimum Gasteiger partial charge on any atom is -0.305 e. The zero-order valence-corrected chi connectivity index (χ0v) is 21.1. The number of aromatic nitrogens is 2. The molecule has 171 valence electrons. The summed E-state index contributed by atoms with van der Waals surface area (Å²) in [7, 11) is 0. The number of benzene rings is 3. The fraction of sp³-hybridized carbons (Fsp3) is 0.0667. The van der Waals surface area contributed by atoms with E-state index in [9.17, 15) is 4.39 Å². The Hall–Kier alpha value is -3.46. The van der Waals surface area contributed by atoms with Crippen LogP contribution in [0.25, 0.3) is 33.6 Å². The van der Waals surface area contributed by atoms with Crippen LogP contribution in [0.1, 0.15) is 12.5 Å². The van der Waals surface area contributed by atoms with E-state index in [0.29, 0.717) is 6.42 Å². The minimum atomic E-state index is -0.146. The van der Waals surface area contributed by atoms with Gasteiger partial charge in [-0.15, -0.1) is 71.8 Å². The molecule has 0 saturated carbocycles.